The summed E-state index contributed by atoms with van der Waals surface area (Å²) in [4.78, 5) is 0. The fourth-order valence-corrected chi connectivity index (χ4v) is 5.51. The van der Waals surface area contributed by atoms with Crippen LogP contribution in [0.25, 0.3) is 0 Å². The van der Waals surface area contributed by atoms with E-state index in [9.17, 15) is 10.3 Å². The van der Waals surface area contributed by atoms with Crippen LogP contribution in [0.15, 0.2) is 72.8 Å². The molecule has 1 heterocycles. The van der Waals surface area contributed by atoms with Gasteiger partial charge in [-0.1, -0.05) is 48.5 Å². The van der Waals surface area contributed by atoms with Crippen LogP contribution in [0.1, 0.15) is 53.4 Å². The molecule has 0 spiro atoms. The molecule has 1 aliphatic heterocycles. The number of aromatic hydroxyl groups is 1. The predicted octanol–water partition coefficient (Wildman–Crippen LogP) is 5.74. The van der Waals surface area contributed by atoms with Crippen LogP contribution >= 0.6 is 0 Å². The molecular formula is C28H31NO3. The van der Waals surface area contributed by atoms with Crippen molar-refractivity contribution in [1.82, 2.24) is 0 Å². The first-order chi connectivity index (χ1) is 15.6. The highest BCUT2D eigenvalue weighted by Gasteiger charge is 2.32. The lowest BCUT2D eigenvalue weighted by atomic mass is 9.69. The van der Waals surface area contributed by atoms with Gasteiger partial charge >= 0.3 is 0 Å². The molecule has 0 saturated carbocycles. The van der Waals surface area contributed by atoms with Crippen molar-refractivity contribution in [1.29, 1.82) is 0 Å². The van der Waals surface area contributed by atoms with E-state index in [1.807, 2.05) is 18.2 Å². The molecule has 3 aromatic rings. The first kappa shape index (κ1) is 21.0. The summed E-state index contributed by atoms with van der Waals surface area (Å²) in [6.45, 7) is 2.43. The van der Waals surface area contributed by atoms with E-state index in [-0.39, 0.29) is 10.6 Å². The van der Waals surface area contributed by atoms with E-state index in [0.717, 1.165) is 44.5 Å². The van der Waals surface area contributed by atoms with Crippen LogP contribution < -0.4 is 4.74 Å². The second-order valence-electron chi connectivity index (χ2n) is 9.27. The maximum atomic E-state index is 12.5. The van der Waals surface area contributed by atoms with Gasteiger partial charge in [0.1, 0.15) is 24.7 Å². The number of phenolic OH excluding ortho intramolecular Hbond substituents is 1. The Kier molecular flexibility index (Phi) is 5.90. The number of benzene rings is 3. The smallest absolute Gasteiger partial charge is 0.137 e. The molecule has 0 aromatic heterocycles. The van der Waals surface area contributed by atoms with E-state index < -0.39 is 0 Å². The van der Waals surface area contributed by atoms with Crippen molar-refractivity contribution in [3.05, 3.63) is 100 Å². The van der Waals surface area contributed by atoms with Crippen LogP contribution in [0.5, 0.6) is 11.5 Å². The van der Waals surface area contributed by atoms with Crippen LogP contribution in [0.2, 0.25) is 0 Å². The average molecular weight is 430 g/mol. The van der Waals surface area contributed by atoms with E-state index in [4.69, 9.17) is 4.74 Å². The van der Waals surface area contributed by atoms with Crippen molar-refractivity contribution in [2.75, 3.05) is 26.2 Å². The maximum absolute atomic E-state index is 12.5. The number of likely N-dealkylation sites (tertiary alicyclic amines) is 1. The van der Waals surface area contributed by atoms with Gasteiger partial charge in [0.2, 0.25) is 0 Å². The monoisotopic (exact) mass is 429 g/mol. The standard InChI is InChI=1S/C28H31NO3/c30-24-11-15-27-23(20-24)10-14-26(21-6-2-1-3-7-21)28(27)22-8-12-25(13-9-22)32-19-18-29(31)16-4-5-17-29/h1-3,6-9,11-13,15,20,26,28,30H,4-5,10,14,16-19H2/t26-,28+/m1/s1. The van der Waals surface area contributed by atoms with Crippen molar-refractivity contribution < 1.29 is 14.5 Å². The summed E-state index contributed by atoms with van der Waals surface area (Å²) in [5.74, 6) is 1.77. The quantitative estimate of drug-likeness (QED) is 0.401. The zero-order valence-electron chi connectivity index (χ0n) is 18.5. The number of phenols is 1. The van der Waals surface area contributed by atoms with Gasteiger partial charge in [0.05, 0.1) is 13.1 Å². The third-order valence-corrected chi connectivity index (χ3v) is 7.20. The third kappa shape index (κ3) is 4.38. The molecule has 2 aliphatic rings. The largest absolute Gasteiger partial charge is 0.633 e. The van der Waals surface area contributed by atoms with Crippen molar-refractivity contribution in [2.45, 2.75) is 37.5 Å². The Morgan fingerprint density at radius 3 is 2.41 bits per heavy atom. The summed E-state index contributed by atoms with van der Waals surface area (Å²) < 4.78 is 5.81. The van der Waals surface area contributed by atoms with Gasteiger partial charge in [0.25, 0.3) is 0 Å². The Labute approximate surface area is 190 Å². The molecule has 0 unspecified atom stereocenters. The zero-order valence-corrected chi connectivity index (χ0v) is 18.5. The van der Waals surface area contributed by atoms with Gasteiger partial charge in [-0.05, 0) is 65.3 Å². The highest BCUT2D eigenvalue weighted by atomic mass is 16.6. The van der Waals surface area contributed by atoms with Gasteiger partial charge in [0, 0.05) is 18.8 Å². The normalized spacial score (nSPS) is 21.8. The molecule has 4 heteroatoms. The number of aryl methyl sites for hydroxylation is 1. The molecule has 5 rings (SSSR count). The van der Waals surface area contributed by atoms with Crippen LogP contribution in [-0.2, 0) is 6.42 Å². The second kappa shape index (κ2) is 8.97. The molecule has 2 atom stereocenters. The van der Waals surface area contributed by atoms with Gasteiger partial charge in [-0.2, -0.15) is 0 Å². The summed E-state index contributed by atoms with van der Waals surface area (Å²) in [6, 6.07) is 24.9. The van der Waals surface area contributed by atoms with E-state index in [0.29, 0.717) is 24.8 Å². The summed E-state index contributed by atoms with van der Waals surface area (Å²) in [7, 11) is 0. The van der Waals surface area contributed by atoms with Crippen molar-refractivity contribution in [2.24, 2.45) is 0 Å². The number of fused-ring (bicyclic) bond motifs is 1. The van der Waals surface area contributed by atoms with Crippen molar-refractivity contribution >= 4 is 0 Å². The molecule has 1 saturated heterocycles. The predicted molar refractivity (Wildman–Crippen MR) is 127 cm³/mol. The Balaban J connectivity index is 1.38. The number of hydrogen-bond donors (Lipinski definition) is 1. The van der Waals surface area contributed by atoms with Gasteiger partial charge < -0.3 is 19.7 Å². The Morgan fingerprint density at radius 2 is 1.66 bits per heavy atom. The Morgan fingerprint density at radius 1 is 0.906 bits per heavy atom. The second-order valence-corrected chi connectivity index (χ2v) is 9.27. The van der Waals surface area contributed by atoms with Crippen LogP contribution in [0, 0.1) is 5.21 Å². The van der Waals surface area contributed by atoms with E-state index >= 15 is 0 Å². The van der Waals surface area contributed by atoms with Crippen LogP contribution in [0.3, 0.4) is 0 Å². The molecule has 4 nitrogen and oxygen atoms in total. The maximum Gasteiger partial charge on any atom is 0.137 e. The lowest BCUT2D eigenvalue weighted by Gasteiger charge is -2.38. The van der Waals surface area contributed by atoms with Gasteiger partial charge in [0.15, 0.2) is 0 Å². The molecule has 0 amide bonds. The Hall–Kier alpha value is -2.82. The number of nitrogens with zero attached hydrogens (tertiary/aromatic N) is 1. The molecule has 1 fully saturated rings. The molecule has 0 bridgehead atoms. The minimum absolute atomic E-state index is 0.109. The van der Waals surface area contributed by atoms with Crippen molar-refractivity contribution in [3.63, 3.8) is 0 Å². The molecule has 0 radical (unpaired) electrons. The van der Waals surface area contributed by atoms with Crippen molar-refractivity contribution in [3.8, 4) is 11.5 Å². The zero-order chi connectivity index (χ0) is 22.0. The first-order valence-corrected chi connectivity index (χ1v) is 11.8. The third-order valence-electron chi connectivity index (χ3n) is 7.20. The molecule has 1 N–H and O–H groups in total. The number of ether oxygens (including phenoxy) is 1. The SMILES string of the molecule is [O-][N+]1(CCOc2ccc([C@@H]3c4ccc(O)cc4CC[C@@H]3c3ccccc3)cc2)CCCC1. The number of hydroxylamine groups is 3. The molecule has 166 valence electrons. The lowest BCUT2D eigenvalue weighted by Crippen LogP contribution is -2.42. The van der Waals surface area contributed by atoms with E-state index in [1.165, 1.54) is 22.3 Å². The lowest BCUT2D eigenvalue weighted by molar-refractivity contribution is -0.868. The van der Waals surface area contributed by atoms with E-state index in [1.54, 1.807) is 6.07 Å². The van der Waals surface area contributed by atoms with Crippen LogP contribution in [0.4, 0.5) is 0 Å². The molecule has 1 aliphatic carbocycles. The highest BCUT2D eigenvalue weighted by molar-refractivity contribution is 5.48. The summed E-state index contributed by atoms with van der Waals surface area (Å²) in [6.07, 6.45) is 4.08. The number of rotatable bonds is 6. The average Bonchev–Trinajstić information content (AvgIpc) is 3.25. The fourth-order valence-electron chi connectivity index (χ4n) is 5.51. The summed E-state index contributed by atoms with van der Waals surface area (Å²) in [5, 5.41) is 22.5. The molecular weight excluding hydrogens is 398 g/mol. The minimum atomic E-state index is -0.109. The number of quaternary nitrogens is 1. The van der Waals surface area contributed by atoms with E-state index in [2.05, 4.69) is 48.5 Å². The number of hydrogen-bond acceptors (Lipinski definition) is 3. The van der Waals surface area contributed by atoms with Gasteiger partial charge in [-0.25, -0.2) is 0 Å². The van der Waals surface area contributed by atoms with Gasteiger partial charge in [-0.3, -0.25) is 0 Å². The van der Waals surface area contributed by atoms with Crippen LogP contribution in [-0.4, -0.2) is 36.0 Å². The topological polar surface area (TPSA) is 52.5 Å². The minimum Gasteiger partial charge on any atom is -0.633 e. The highest BCUT2D eigenvalue weighted by Crippen LogP contribution is 2.47. The Bertz CT molecular complexity index is 1040. The molecule has 3 aromatic carbocycles. The summed E-state index contributed by atoms with van der Waals surface area (Å²) in [5.41, 5.74) is 5.14. The van der Waals surface area contributed by atoms with Gasteiger partial charge in [-0.15, -0.1) is 0 Å². The summed E-state index contributed by atoms with van der Waals surface area (Å²) >= 11 is 0. The first-order valence-electron chi connectivity index (χ1n) is 11.8. The fraction of sp³-hybridized carbons (Fsp3) is 0.357. The molecule has 32 heavy (non-hydrogen) atoms.